The summed E-state index contributed by atoms with van der Waals surface area (Å²) in [4.78, 5) is 26.2. The van der Waals surface area contributed by atoms with E-state index in [0.29, 0.717) is 37.7 Å². The topological polar surface area (TPSA) is 114 Å². The van der Waals surface area contributed by atoms with E-state index in [4.69, 9.17) is 14.7 Å². The van der Waals surface area contributed by atoms with Crippen molar-refractivity contribution in [1.29, 1.82) is 0 Å². The third kappa shape index (κ3) is 4.58. The Hall–Kier alpha value is -4.09. The predicted octanol–water partition coefficient (Wildman–Crippen LogP) is 4.23. The van der Waals surface area contributed by atoms with E-state index in [1.165, 1.54) is 11.1 Å². The van der Waals surface area contributed by atoms with Crippen LogP contribution in [-0.4, -0.2) is 66.1 Å². The Bertz CT molecular complexity index is 1730. The molecule has 2 N–H and O–H groups in total. The molecular weight excluding hydrogens is 536 g/mol. The first-order valence-electron chi connectivity index (χ1n) is 14.3. The first-order valence-corrected chi connectivity index (χ1v) is 15.1. The Labute approximate surface area is 240 Å². The molecule has 0 saturated carbocycles. The number of fused-ring (bicyclic) bond motifs is 3. The van der Waals surface area contributed by atoms with E-state index in [1.807, 2.05) is 29.3 Å². The molecule has 0 bridgehead atoms. The van der Waals surface area contributed by atoms with E-state index in [2.05, 4.69) is 49.6 Å². The number of aromatic nitrogens is 6. The number of hydrogen-bond donors (Lipinski definition) is 2. The summed E-state index contributed by atoms with van der Waals surface area (Å²) < 4.78 is 8.24. The summed E-state index contributed by atoms with van der Waals surface area (Å²) in [7, 11) is 0. The number of aromatic amines is 1. The van der Waals surface area contributed by atoms with Gasteiger partial charge >= 0.3 is 0 Å². The minimum Gasteiger partial charge on any atom is -0.376 e. The third-order valence-electron chi connectivity index (χ3n) is 8.46. The Morgan fingerprint density at radius 1 is 1.12 bits per heavy atom. The molecule has 8 rings (SSSR count). The molecule has 5 aromatic rings. The highest BCUT2D eigenvalue weighted by Gasteiger charge is 2.27. The summed E-state index contributed by atoms with van der Waals surface area (Å²) in [5.74, 6) is 0.861. The largest absolute Gasteiger partial charge is 0.376 e. The second kappa shape index (κ2) is 10.1. The minimum atomic E-state index is -0.00574. The molecule has 2 aromatic carbocycles. The van der Waals surface area contributed by atoms with Crippen LogP contribution in [0, 0.1) is 0 Å². The number of nitrogens with zero attached hydrogens (tertiary/aromatic N) is 6. The average molecular weight is 567 g/mol. The number of ether oxygens (including phenoxy) is 1. The maximum atomic E-state index is 13.6. The van der Waals surface area contributed by atoms with Gasteiger partial charge in [0.05, 0.1) is 47.0 Å². The number of rotatable bonds is 6. The molecule has 1 atom stereocenters. The third-order valence-corrected chi connectivity index (χ3v) is 9.38. The SMILES string of the molecule is O=C(c1ccc2nc(-c3cnc(NC4Cc5ccccc5C4)s3)n(C[C@@H]3CCCO3)c2c1)N1CCc2n[nH]nc2C1. The summed E-state index contributed by atoms with van der Waals surface area (Å²) in [6.07, 6.45) is 6.84. The Kier molecular flexibility index (Phi) is 6.07. The normalized spacial score (nSPS) is 18.6. The molecule has 1 aliphatic carbocycles. The van der Waals surface area contributed by atoms with Crippen LogP contribution >= 0.6 is 11.3 Å². The molecule has 1 fully saturated rings. The van der Waals surface area contributed by atoms with Crippen LogP contribution in [0.2, 0.25) is 0 Å². The number of imidazole rings is 1. The molecule has 1 saturated heterocycles. The quantitative estimate of drug-likeness (QED) is 0.316. The molecule has 41 heavy (non-hydrogen) atoms. The fraction of sp³-hybridized carbons (Fsp3) is 0.367. The predicted molar refractivity (Wildman–Crippen MR) is 156 cm³/mol. The zero-order chi connectivity index (χ0) is 27.3. The second-order valence-electron chi connectivity index (χ2n) is 11.1. The lowest BCUT2D eigenvalue weighted by atomic mass is 10.1. The van der Waals surface area contributed by atoms with Crippen molar-refractivity contribution in [3.63, 3.8) is 0 Å². The van der Waals surface area contributed by atoms with Gasteiger partial charge in [-0.15, -0.1) is 0 Å². The molecule has 208 valence electrons. The number of carbonyl (C=O) groups excluding carboxylic acids is 1. The van der Waals surface area contributed by atoms with Crippen LogP contribution in [0.3, 0.4) is 0 Å². The van der Waals surface area contributed by atoms with Crippen molar-refractivity contribution >= 4 is 33.4 Å². The standard InChI is InChI=1S/C30H30N8O2S/c39-29(37-10-9-23-25(17-37)35-36-34-23)20-7-8-24-26(14-20)38(16-22-6-3-11-40-22)28(33-24)27-15-31-30(41-27)32-21-12-18-4-1-2-5-19(18)13-21/h1-2,4-5,7-8,14-15,21-22H,3,6,9-13,16-17H2,(H,31,32)(H,34,35,36)/t22-/m0/s1. The first kappa shape index (κ1) is 24.7. The number of H-pyrrole nitrogens is 1. The van der Waals surface area contributed by atoms with Crippen LogP contribution in [0.15, 0.2) is 48.7 Å². The van der Waals surface area contributed by atoms with Crippen LogP contribution in [0.5, 0.6) is 0 Å². The van der Waals surface area contributed by atoms with E-state index in [0.717, 1.165) is 70.5 Å². The van der Waals surface area contributed by atoms with Crippen molar-refractivity contribution in [2.45, 2.75) is 57.3 Å². The van der Waals surface area contributed by atoms with Crippen LogP contribution in [0.25, 0.3) is 21.7 Å². The van der Waals surface area contributed by atoms with Gasteiger partial charge in [-0.1, -0.05) is 35.6 Å². The van der Waals surface area contributed by atoms with Crippen molar-refractivity contribution in [3.8, 4) is 10.7 Å². The molecule has 0 unspecified atom stereocenters. The van der Waals surface area contributed by atoms with Crippen molar-refractivity contribution in [1.82, 2.24) is 34.8 Å². The lowest BCUT2D eigenvalue weighted by Gasteiger charge is -2.25. The van der Waals surface area contributed by atoms with Crippen molar-refractivity contribution in [2.75, 3.05) is 18.5 Å². The molecule has 5 heterocycles. The summed E-state index contributed by atoms with van der Waals surface area (Å²) in [6, 6.07) is 14.8. The molecule has 2 aliphatic heterocycles. The van der Waals surface area contributed by atoms with Gasteiger partial charge in [0.15, 0.2) is 11.0 Å². The molecule has 3 aliphatic rings. The monoisotopic (exact) mass is 566 g/mol. The van der Waals surface area contributed by atoms with Gasteiger partial charge in [-0.05, 0) is 55.0 Å². The van der Waals surface area contributed by atoms with E-state index in [1.54, 1.807) is 11.3 Å². The highest BCUT2D eigenvalue weighted by molar-refractivity contribution is 7.18. The van der Waals surface area contributed by atoms with E-state index < -0.39 is 0 Å². The molecular formula is C30H30N8O2S. The number of nitrogens with one attached hydrogen (secondary N) is 2. The van der Waals surface area contributed by atoms with Gasteiger partial charge < -0.3 is 19.5 Å². The summed E-state index contributed by atoms with van der Waals surface area (Å²) >= 11 is 1.63. The number of hydrogen-bond acceptors (Lipinski definition) is 8. The fourth-order valence-electron chi connectivity index (χ4n) is 6.36. The van der Waals surface area contributed by atoms with Gasteiger partial charge in [0.2, 0.25) is 0 Å². The van der Waals surface area contributed by atoms with Gasteiger partial charge in [-0.25, -0.2) is 9.97 Å². The van der Waals surface area contributed by atoms with Crippen molar-refractivity contribution in [3.05, 3.63) is 76.7 Å². The molecule has 0 radical (unpaired) electrons. The van der Waals surface area contributed by atoms with Gasteiger partial charge in [0.25, 0.3) is 5.91 Å². The van der Waals surface area contributed by atoms with Crippen LogP contribution in [0.1, 0.15) is 45.7 Å². The molecule has 10 nitrogen and oxygen atoms in total. The summed E-state index contributed by atoms with van der Waals surface area (Å²) in [6.45, 7) is 2.56. The van der Waals surface area contributed by atoms with Gasteiger partial charge in [0, 0.05) is 31.2 Å². The summed E-state index contributed by atoms with van der Waals surface area (Å²) in [5, 5.41) is 15.6. The lowest BCUT2D eigenvalue weighted by Crippen LogP contribution is -2.36. The fourth-order valence-corrected chi connectivity index (χ4v) is 7.25. The maximum absolute atomic E-state index is 13.6. The van der Waals surface area contributed by atoms with Gasteiger partial charge in [0.1, 0.15) is 5.69 Å². The number of thiazole rings is 1. The molecule has 1 amide bonds. The Balaban J connectivity index is 1.09. The smallest absolute Gasteiger partial charge is 0.254 e. The first-order chi connectivity index (χ1) is 20.2. The van der Waals surface area contributed by atoms with E-state index in [-0.39, 0.29) is 12.0 Å². The number of anilines is 1. The van der Waals surface area contributed by atoms with E-state index >= 15 is 0 Å². The lowest BCUT2D eigenvalue weighted by molar-refractivity contribution is 0.0732. The molecule has 11 heteroatoms. The Morgan fingerprint density at radius 3 is 2.80 bits per heavy atom. The number of benzene rings is 2. The zero-order valence-electron chi connectivity index (χ0n) is 22.5. The number of amides is 1. The number of carbonyl (C=O) groups is 1. The maximum Gasteiger partial charge on any atom is 0.254 e. The van der Waals surface area contributed by atoms with E-state index in [9.17, 15) is 4.79 Å². The highest BCUT2D eigenvalue weighted by Crippen LogP contribution is 2.34. The molecule has 0 spiro atoms. The van der Waals surface area contributed by atoms with Crippen LogP contribution in [0.4, 0.5) is 5.13 Å². The van der Waals surface area contributed by atoms with Crippen molar-refractivity contribution in [2.24, 2.45) is 0 Å². The average Bonchev–Trinajstić information content (AvgIpc) is 3.83. The van der Waals surface area contributed by atoms with Crippen LogP contribution in [-0.2, 0) is 37.1 Å². The Morgan fingerprint density at radius 2 is 1.98 bits per heavy atom. The van der Waals surface area contributed by atoms with Gasteiger partial charge in [-0.3, -0.25) is 4.79 Å². The summed E-state index contributed by atoms with van der Waals surface area (Å²) in [5.41, 5.74) is 7.06. The van der Waals surface area contributed by atoms with Gasteiger partial charge in [-0.2, -0.15) is 15.4 Å². The minimum absolute atomic E-state index is 0.00574. The zero-order valence-corrected chi connectivity index (χ0v) is 23.4. The highest BCUT2D eigenvalue weighted by atomic mass is 32.1. The van der Waals surface area contributed by atoms with Crippen LogP contribution < -0.4 is 5.32 Å². The van der Waals surface area contributed by atoms with Crippen molar-refractivity contribution < 1.29 is 9.53 Å². The molecule has 3 aromatic heterocycles. The second-order valence-corrected chi connectivity index (χ2v) is 12.2.